The first-order valence-corrected chi connectivity index (χ1v) is 6.47. The number of anilines is 2. The van der Waals surface area contributed by atoms with Gasteiger partial charge in [-0.3, -0.25) is 0 Å². The van der Waals surface area contributed by atoms with Gasteiger partial charge in [0.25, 0.3) is 0 Å². The molecule has 2 rings (SSSR count). The Labute approximate surface area is 123 Å². The summed E-state index contributed by atoms with van der Waals surface area (Å²) in [4.78, 5) is 4.07. The van der Waals surface area contributed by atoms with Crippen LogP contribution in [0.1, 0.15) is 11.1 Å². The highest BCUT2D eigenvalue weighted by atomic mass is 79.9. The van der Waals surface area contributed by atoms with E-state index >= 15 is 0 Å². The van der Waals surface area contributed by atoms with E-state index in [1.165, 1.54) is 18.3 Å². The van der Waals surface area contributed by atoms with E-state index in [1.807, 2.05) is 6.07 Å². The van der Waals surface area contributed by atoms with Crippen LogP contribution in [0.2, 0.25) is 5.02 Å². The zero-order chi connectivity index (χ0) is 14.0. The molecule has 1 aromatic carbocycles. The highest BCUT2D eigenvalue weighted by molar-refractivity contribution is 9.10. The Kier molecular flexibility index (Phi) is 4.03. The summed E-state index contributed by atoms with van der Waals surface area (Å²) in [5, 5.41) is 12.1. The molecule has 0 unspecified atom stereocenters. The molecule has 0 aliphatic heterocycles. The summed E-state index contributed by atoms with van der Waals surface area (Å²) >= 11 is 9.17. The van der Waals surface area contributed by atoms with Crippen molar-refractivity contribution in [3.05, 3.63) is 50.8 Å². The van der Waals surface area contributed by atoms with E-state index in [0.717, 1.165) is 0 Å². The van der Waals surface area contributed by atoms with Crippen molar-refractivity contribution in [1.29, 1.82) is 5.26 Å². The molecule has 0 bridgehead atoms. The van der Waals surface area contributed by atoms with Gasteiger partial charge in [-0.25, -0.2) is 9.37 Å². The minimum Gasteiger partial charge on any atom is -0.339 e. The Balaban J connectivity index is 2.43. The van der Waals surface area contributed by atoms with E-state index in [2.05, 4.69) is 26.2 Å². The summed E-state index contributed by atoms with van der Waals surface area (Å²) in [6.07, 6.45) is 1.49. The Hall–Kier alpha value is -1.64. The van der Waals surface area contributed by atoms with Gasteiger partial charge in [0.15, 0.2) is 5.82 Å². The quantitative estimate of drug-likeness (QED) is 0.872. The van der Waals surface area contributed by atoms with Crippen molar-refractivity contribution in [2.45, 2.75) is 6.92 Å². The van der Waals surface area contributed by atoms with Gasteiger partial charge in [0.05, 0.1) is 10.0 Å². The lowest BCUT2D eigenvalue weighted by Crippen LogP contribution is -1.98. The molecule has 6 heteroatoms. The van der Waals surface area contributed by atoms with E-state index in [-0.39, 0.29) is 10.8 Å². The number of aromatic nitrogens is 1. The molecule has 0 aliphatic carbocycles. The van der Waals surface area contributed by atoms with Gasteiger partial charge >= 0.3 is 0 Å². The van der Waals surface area contributed by atoms with Gasteiger partial charge in [-0.2, -0.15) is 5.26 Å². The zero-order valence-electron chi connectivity index (χ0n) is 9.84. The van der Waals surface area contributed by atoms with Crippen molar-refractivity contribution in [3.63, 3.8) is 0 Å². The third kappa shape index (κ3) is 2.86. The predicted molar refractivity (Wildman–Crippen MR) is 76.1 cm³/mol. The molecule has 0 saturated carbocycles. The average molecular weight is 341 g/mol. The monoisotopic (exact) mass is 339 g/mol. The smallest absolute Gasteiger partial charge is 0.150 e. The van der Waals surface area contributed by atoms with Gasteiger partial charge in [0, 0.05) is 11.9 Å². The first-order valence-electron chi connectivity index (χ1n) is 5.30. The molecule has 0 saturated heterocycles. The summed E-state index contributed by atoms with van der Waals surface area (Å²) in [6.45, 7) is 1.76. The Bertz CT molecular complexity index is 682. The first kappa shape index (κ1) is 13.8. The van der Waals surface area contributed by atoms with Crippen LogP contribution in [0, 0.1) is 24.1 Å². The topological polar surface area (TPSA) is 48.7 Å². The Morgan fingerprint density at radius 2 is 2.21 bits per heavy atom. The maximum Gasteiger partial charge on any atom is 0.150 e. The van der Waals surface area contributed by atoms with Crippen LogP contribution in [0.25, 0.3) is 0 Å². The fourth-order valence-electron chi connectivity index (χ4n) is 1.53. The lowest BCUT2D eigenvalue weighted by molar-refractivity contribution is 0.620. The van der Waals surface area contributed by atoms with Gasteiger partial charge < -0.3 is 5.32 Å². The largest absolute Gasteiger partial charge is 0.339 e. The van der Waals surface area contributed by atoms with Crippen molar-refractivity contribution in [2.24, 2.45) is 0 Å². The average Bonchev–Trinajstić information content (AvgIpc) is 2.38. The molecular weight excluding hydrogens is 333 g/mol. The second-order valence-corrected chi connectivity index (χ2v) is 5.07. The number of halogens is 3. The lowest BCUT2D eigenvalue weighted by Gasteiger charge is -2.11. The second kappa shape index (κ2) is 5.55. The van der Waals surface area contributed by atoms with Gasteiger partial charge in [-0.15, -0.1) is 0 Å². The van der Waals surface area contributed by atoms with E-state index in [9.17, 15) is 4.39 Å². The molecule has 0 amide bonds. The molecule has 0 fully saturated rings. The number of hydrogen-bond acceptors (Lipinski definition) is 3. The molecule has 0 aliphatic rings. The molecule has 2 aromatic rings. The van der Waals surface area contributed by atoms with Crippen molar-refractivity contribution in [3.8, 4) is 6.07 Å². The Morgan fingerprint density at radius 3 is 2.89 bits per heavy atom. The van der Waals surface area contributed by atoms with Gasteiger partial charge in [-0.1, -0.05) is 11.6 Å². The SMILES string of the molecule is Cc1cc(F)c(Br)cc1Nc1nccc(C#N)c1Cl. The number of nitriles is 1. The van der Waals surface area contributed by atoms with Crippen LogP contribution in [-0.4, -0.2) is 4.98 Å². The summed E-state index contributed by atoms with van der Waals surface area (Å²) < 4.78 is 13.7. The normalized spacial score (nSPS) is 10.1. The van der Waals surface area contributed by atoms with Gasteiger partial charge in [0.2, 0.25) is 0 Å². The molecule has 1 aromatic heterocycles. The van der Waals surface area contributed by atoms with Crippen LogP contribution in [0.15, 0.2) is 28.9 Å². The van der Waals surface area contributed by atoms with E-state index < -0.39 is 0 Å². The standard InChI is InChI=1S/C13H8BrClFN3/c1-7-4-10(16)9(14)5-11(7)19-13-12(15)8(6-17)2-3-18-13/h2-5H,1H3,(H,18,19). The third-order valence-electron chi connectivity index (χ3n) is 2.53. The van der Waals surface area contributed by atoms with Crippen molar-refractivity contribution >= 4 is 39.0 Å². The number of hydrogen-bond donors (Lipinski definition) is 1. The minimum atomic E-state index is -0.340. The van der Waals surface area contributed by atoms with Crippen LogP contribution in [0.3, 0.4) is 0 Å². The van der Waals surface area contributed by atoms with E-state index in [0.29, 0.717) is 27.1 Å². The highest BCUT2D eigenvalue weighted by Gasteiger charge is 2.10. The van der Waals surface area contributed by atoms with Crippen LogP contribution < -0.4 is 5.32 Å². The molecule has 0 atom stereocenters. The lowest BCUT2D eigenvalue weighted by atomic mass is 10.2. The third-order valence-corrected chi connectivity index (χ3v) is 3.52. The van der Waals surface area contributed by atoms with E-state index in [4.69, 9.17) is 16.9 Å². The van der Waals surface area contributed by atoms with Crippen LogP contribution in [-0.2, 0) is 0 Å². The molecule has 19 heavy (non-hydrogen) atoms. The van der Waals surface area contributed by atoms with Crippen LogP contribution >= 0.6 is 27.5 Å². The van der Waals surface area contributed by atoms with Crippen molar-refractivity contribution in [2.75, 3.05) is 5.32 Å². The first-order chi connectivity index (χ1) is 9.02. The molecule has 1 N–H and O–H groups in total. The minimum absolute atomic E-state index is 0.241. The molecule has 0 radical (unpaired) electrons. The fraction of sp³-hybridized carbons (Fsp3) is 0.0769. The number of nitrogens with zero attached hydrogens (tertiary/aromatic N) is 2. The van der Waals surface area contributed by atoms with Gasteiger partial charge in [-0.05, 0) is 46.6 Å². The highest BCUT2D eigenvalue weighted by Crippen LogP contribution is 2.30. The fourth-order valence-corrected chi connectivity index (χ4v) is 2.07. The zero-order valence-corrected chi connectivity index (χ0v) is 12.2. The van der Waals surface area contributed by atoms with Crippen LogP contribution in [0.5, 0.6) is 0 Å². The van der Waals surface area contributed by atoms with Gasteiger partial charge in [0.1, 0.15) is 16.9 Å². The summed E-state index contributed by atoms with van der Waals surface area (Å²) in [5.41, 5.74) is 1.71. The maximum absolute atomic E-state index is 13.3. The van der Waals surface area contributed by atoms with Crippen molar-refractivity contribution < 1.29 is 4.39 Å². The number of benzene rings is 1. The summed E-state index contributed by atoms with van der Waals surface area (Å²) in [6, 6.07) is 6.50. The number of nitrogens with one attached hydrogen (secondary N) is 1. The van der Waals surface area contributed by atoms with E-state index in [1.54, 1.807) is 13.0 Å². The molecular formula is C13H8BrClFN3. The second-order valence-electron chi connectivity index (χ2n) is 3.84. The number of rotatable bonds is 2. The molecule has 96 valence electrons. The number of aryl methyl sites for hydroxylation is 1. The molecule has 3 nitrogen and oxygen atoms in total. The molecule has 1 heterocycles. The summed E-state index contributed by atoms with van der Waals surface area (Å²) in [5.74, 6) is 0.0233. The summed E-state index contributed by atoms with van der Waals surface area (Å²) in [7, 11) is 0. The Morgan fingerprint density at radius 1 is 1.47 bits per heavy atom. The predicted octanol–water partition coefficient (Wildman–Crippen LogP) is 4.56. The molecule has 0 spiro atoms. The number of pyridine rings is 1. The maximum atomic E-state index is 13.3. The van der Waals surface area contributed by atoms with Crippen molar-refractivity contribution in [1.82, 2.24) is 4.98 Å². The van der Waals surface area contributed by atoms with Crippen LogP contribution in [0.4, 0.5) is 15.9 Å².